The average molecular weight is 145 g/mol. The number of carbonyl (C=O) groups excluding carboxylic acids is 1. The van der Waals surface area contributed by atoms with Crippen LogP contribution in [-0.4, -0.2) is 29.3 Å². The molecule has 1 fully saturated rings. The lowest BCUT2D eigenvalue weighted by molar-refractivity contribution is -0.125. The molecular formula is C6H11NO3. The lowest BCUT2D eigenvalue weighted by Crippen LogP contribution is -2.30. The lowest BCUT2D eigenvalue weighted by atomic mass is 10.1. The van der Waals surface area contributed by atoms with Gasteiger partial charge in [-0.1, -0.05) is 0 Å². The molecule has 2 atom stereocenters. The summed E-state index contributed by atoms with van der Waals surface area (Å²) in [6.45, 7) is -0.308. The minimum Gasteiger partial charge on any atom is -0.396 e. The number of nitrogens with two attached hydrogens (primary N) is 1. The fraction of sp³-hybridized carbons (Fsp3) is 0.833. The molecule has 0 heterocycles. The minimum atomic E-state index is -0.797. The molecule has 0 spiro atoms. The van der Waals surface area contributed by atoms with Crippen LogP contribution in [0.15, 0.2) is 0 Å². The summed E-state index contributed by atoms with van der Waals surface area (Å²) in [5.41, 5.74) is 4.20. The van der Waals surface area contributed by atoms with Gasteiger partial charge in [0.2, 0.25) is 5.91 Å². The quantitative estimate of drug-likeness (QED) is 0.450. The van der Waals surface area contributed by atoms with Gasteiger partial charge >= 0.3 is 0 Å². The predicted molar refractivity (Wildman–Crippen MR) is 33.9 cm³/mol. The number of primary amides is 1. The zero-order valence-corrected chi connectivity index (χ0v) is 5.58. The second-order valence-corrected chi connectivity index (χ2v) is 2.76. The number of aliphatic hydroxyl groups is 2. The largest absolute Gasteiger partial charge is 0.396 e. The Labute approximate surface area is 58.6 Å². The van der Waals surface area contributed by atoms with Gasteiger partial charge in [0.15, 0.2) is 0 Å². The predicted octanol–water partition coefficient (Wildman–Crippen LogP) is -1.54. The van der Waals surface area contributed by atoms with Crippen molar-refractivity contribution in [3.8, 4) is 0 Å². The molecule has 1 aliphatic rings. The van der Waals surface area contributed by atoms with Gasteiger partial charge < -0.3 is 15.9 Å². The lowest BCUT2D eigenvalue weighted by Gasteiger charge is -2.06. The molecule has 0 aromatic rings. The van der Waals surface area contributed by atoms with E-state index in [2.05, 4.69) is 0 Å². The molecule has 0 aliphatic heterocycles. The molecule has 4 heteroatoms. The van der Waals surface area contributed by atoms with Gasteiger partial charge in [0, 0.05) is 6.61 Å². The normalized spacial score (nSPS) is 37.6. The minimum absolute atomic E-state index is 0.0660. The van der Waals surface area contributed by atoms with E-state index in [0.717, 1.165) is 0 Å². The fourth-order valence-electron chi connectivity index (χ4n) is 1.19. The number of hydrogen-bond donors (Lipinski definition) is 3. The first-order chi connectivity index (χ1) is 4.67. The highest BCUT2D eigenvalue weighted by atomic mass is 16.3. The summed E-state index contributed by atoms with van der Waals surface area (Å²) in [5, 5.41) is 17.3. The number of hydrogen-bond acceptors (Lipinski definition) is 3. The van der Waals surface area contributed by atoms with E-state index in [1.165, 1.54) is 0 Å². The van der Waals surface area contributed by atoms with E-state index in [4.69, 9.17) is 15.9 Å². The van der Waals surface area contributed by atoms with Crippen molar-refractivity contribution in [3.63, 3.8) is 0 Å². The number of carbonyl (C=O) groups is 1. The second-order valence-electron chi connectivity index (χ2n) is 2.76. The van der Waals surface area contributed by atoms with Crippen LogP contribution < -0.4 is 5.73 Å². The highest BCUT2D eigenvalue weighted by Crippen LogP contribution is 2.51. The Balaban J connectivity index is 2.59. The van der Waals surface area contributed by atoms with Gasteiger partial charge in [-0.2, -0.15) is 0 Å². The Bertz CT molecular complexity index is 159. The third-order valence-corrected chi connectivity index (χ3v) is 2.23. The third-order valence-electron chi connectivity index (χ3n) is 2.23. The van der Waals surface area contributed by atoms with Crippen molar-refractivity contribution in [2.45, 2.75) is 6.42 Å². The molecule has 0 radical (unpaired) electrons. The molecule has 0 saturated heterocycles. The molecule has 1 unspecified atom stereocenters. The summed E-state index contributed by atoms with van der Waals surface area (Å²) >= 11 is 0. The van der Waals surface area contributed by atoms with Crippen LogP contribution in [-0.2, 0) is 4.79 Å². The van der Waals surface area contributed by atoms with Gasteiger partial charge in [-0.25, -0.2) is 0 Å². The molecule has 1 amide bonds. The maximum Gasteiger partial charge on any atom is 0.226 e. The summed E-state index contributed by atoms with van der Waals surface area (Å²) in [7, 11) is 0. The van der Waals surface area contributed by atoms with E-state index in [9.17, 15) is 4.79 Å². The first kappa shape index (κ1) is 7.50. The Morgan fingerprint density at radius 3 is 2.40 bits per heavy atom. The standard InChI is InChI=1S/C6H11NO3/c7-5(10)6(3-9)1-4(6)2-8/h4,8-9H,1-3H2,(H2,7,10)/t4-,6?/m0/s1. The van der Waals surface area contributed by atoms with Crippen LogP contribution in [0.25, 0.3) is 0 Å². The maximum atomic E-state index is 10.6. The summed E-state index contributed by atoms with van der Waals surface area (Å²) in [6, 6.07) is 0. The molecule has 1 aliphatic carbocycles. The number of amides is 1. The van der Waals surface area contributed by atoms with Crippen LogP contribution in [0.1, 0.15) is 6.42 Å². The van der Waals surface area contributed by atoms with Crippen molar-refractivity contribution in [1.82, 2.24) is 0 Å². The van der Waals surface area contributed by atoms with Gasteiger partial charge in [-0.05, 0) is 12.3 Å². The fourth-order valence-corrected chi connectivity index (χ4v) is 1.19. The van der Waals surface area contributed by atoms with Crippen molar-refractivity contribution < 1.29 is 15.0 Å². The zero-order chi connectivity index (χ0) is 7.78. The Morgan fingerprint density at radius 2 is 2.30 bits per heavy atom. The highest BCUT2D eigenvalue weighted by Gasteiger charge is 2.58. The molecule has 0 aromatic heterocycles. The first-order valence-corrected chi connectivity index (χ1v) is 3.19. The van der Waals surface area contributed by atoms with Crippen molar-refractivity contribution in [1.29, 1.82) is 0 Å². The van der Waals surface area contributed by atoms with Crippen LogP contribution in [0.2, 0.25) is 0 Å². The Kier molecular flexibility index (Phi) is 1.66. The summed E-state index contributed by atoms with van der Waals surface area (Å²) in [5.74, 6) is -0.621. The van der Waals surface area contributed by atoms with Crippen LogP contribution in [0.4, 0.5) is 0 Å². The van der Waals surface area contributed by atoms with Crippen molar-refractivity contribution >= 4 is 5.91 Å². The number of rotatable bonds is 3. The first-order valence-electron chi connectivity index (χ1n) is 3.19. The molecule has 1 saturated carbocycles. The smallest absolute Gasteiger partial charge is 0.226 e. The van der Waals surface area contributed by atoms with Gasteiger partial charge in [0.25, 0.3) is 0 Å². The van der Waals surface area contributed by atoms with Crippen LogP contribution >= 0.6 is 0 Å². The molecule has 58 valence electrons. The highest BCUT2D eigenvalue weighted by molar-refractivity contribution is 5.84. The van der Waals surface area contributed by atoms with E-state index in [-0.39, 0.29) is 19.1 Å². The van der Waals surface area contributed by atoms with Gasteiger partial charge in [0.05, 0.1) is 12.0 Å². The summed E-state index contributed by atoms with van der Waals surface area (Å²) in [6.07, 6.45) is 0.523. The molecule has 0 bridgehead atoms. The van der Waals surface area contributed by atoms with Gasteiger partial charge in [-0.15, -0.1) is 0 Å². The van der Waals surface area contributed by atoms with Gasteiger partial charge in [-0.3, -0.25) is 4.79 Å². The van der Waals surface area contributed by atoms with Crippen LogP contribution in [0.5, 0.6) is 0 Å². The average Bonchev–Trinajstić information content (AvgIpc) is 2.62. The van der Waals surface area contributed by atoms with E-state index >= 15 is 0 Å². The van der Waals surface area contributed by atoms with Crippen molar-refractivity contribution in [2.75, 3.05) is 13.2 Å². The van der Waals surface area contributed by atoms with E-state index in [1.807, 2.05) is 0 Å². The van der Waals surface area contributed by atoms with Crippen molar-refractivity contribution in [2.24, 2.45) is 17.1 Å². The second kappa shape index (κ2) is 2.21. The Morgan fingerprint density at radius 1 is 1.70 bits per heavy atom. The molecule has 4 nitrogen and oxygen atoms in total. The van der Waals surface area contributed by atoms with Gasteiger partial charge in [0.1, 0.15) is 0 Å². The zero-order valence-electron chi connectivity index (χ0n) is 5.58. The number of aliphatic hydroxyl groups excluding tert-OH is 2. The Hall–Kier alpha value is -0.610. The van der Waals surface area contributed by atoms with Crippen molar-refractivity contribution in [3.05, 3.63) is 0 Å². The molecule has 10 heavy (non-hydrogen) atoms. The van der Waals surface area contributed by atoms with E-state index in [0.29, 0.717) is 6.42 Å². The van der Waals surface area contributed by atoms with E-state index < -0.39 is 11.3 Å². The topological polar surface area (TPSA) is 83.6 Å². The molecule has 0 aromatic carbocycles. The molecular weight excluding hydrogens is 134 g/mol. The molecule has 4 N–H and O–H groups in total. The third kappa shape index (κ3) is 0.803. The summed E-state index contributed by atoms with van der Waals surface area (Å²) in [4.78, 5) is 10.6. The van der Waals surface area contributed by atoms with E-state index in [1.54, 1.807) is 0 Å². The summed E-state index contributed by atoms with van der Waals surface area (Å²) < 4.78 is 0. The monoisotopic (exact) mass is 145 g/mol. The SMILES string of the molecule is NC(=O)C1(CO)C[C@H]1CO. The maximum absolute atomic E-state index is 10.6. The van der Waals surface area contributed by atoms with Crippen LogP contribution in [0.3, 0.4) is 0 Å². The van der Waals surface area contributed by atoms with Crippen LogP contribution in [0, 0.1) is 11.3 Å². The molecule has 1 rings (SSSR count).